The molecule has 0 fully saturated rings. The average molecular weight is 319 g/mol. The summed E-state index contributed by atoms with van der Waals surface area (Å²) in [6.07, 6.45) is 0.684. The lowest BCUT2D eigenvalue weighted by molar-refractivity contribution is -0.116. The van der Waals surface area contributed by atoms with Crippen molar-refractivity contribution in [3.05, 3.63) is 35.3 Å². The zero-order chi connectivity index (χ0) is 15.9. The number of hydrogen-bond donors (Lipinski definition) is 2. The Morgan fingerprint density at radius 2 is 2.05 bits per heavy atom. The van der Waals surface area contributed by atoms with E-state index in [4.69, 9.17) is 4.74 Å². The van der Waals surface area contributed by atoms with Gasteiger partial charge in [0.25, 0.3) is 0 Å². The summed E-state index contributed by atoms with van der Waals surface area (Å²) >= 11 is 1.43. The van der Waals surface area contributed by atoms with Crippen LogP contribution in [0.25, 0.3) is 0 Å². The van der Waals surface area contributed by atoms with Crippen LogP contribution in [0.2, 0.25) is 0 Å². The Hall–Kier alpha value is -2.08. The fourth-order valence-corrected chi connectivity index (χ4v) is 2.66. The first kappa shape index (κ1) is 16.3. The van der Waals surface area contributed by atoms with E-state index in [9.17, 15) is 4.79 Å². The maximum atomic E-state index is 12.3. The zero-order valence-corrected chi connectivity index (χ0v) is 13.9. The predicted molar refractivity (Wildman–Crippen MR) is 90.8 cm³/mol. The van der Waals surface area contributed by atoms with E-state index >= 15 is 0 Å². The van der Waals surface area contributed by atoms with E-state index in [2.05, 4.69) is 15.6 Å². The number of nitrogens with zero attached hydrogens (tertiary/aromatic N) is 1. The van der Waals surface area contributed by atoms with Gasteiger partial charge in [-0.05, 0) is 44.5 Å². The highest BCUT2D eigenvalue weighted by Crippen LogP contribution is 2.18. The first-order valence-corrected chi connectivity index (χ1v) is 8.22. The fourth-order valence-electron chi connectivity index (χ4n) is 1.97. The molecule has 2 N–H and O–H groups in total. The molecule has 2 aromatic rings. The maximum absolute atomic E-state index is 12.3. The minimum absolute atomic E-state index is 0.0780. The Balaban J connectivity index is 1.97. The van der Waals surface area contributed by atoms with E-state index in [1.165, 1.54) is 11.3 Å². The van der Waals surface area contributed by atoms with Gasteiger partial charge in [-0.25, -0.2) is 4.98 Å². The SMILES string of the molecule is CCOc1ccc(N[C@H](CC)C(=O)Nc2nc(C)cs2)cc1. The summed E-state index contributed by atoms with van der Waals surface area (Å²) < 4.78 is 5.41. The van der Waals surface area contributed by atoms with Gasteiger partial charge in [-0.3, -0.25) is 4.79 Å². The number of amides is 1. The highest BCUT2D eigenvalue weighted by Gasteiger charge is 2.17. The lowest BCUT2D eigenvalue weighted by Crippen LogP contribution is -2.34. The van der Waals surface area contributed by atoms with Crippen LogP contribution in [-0.2, 0) is 4.79 Å². The highest BCUT2D eigenvalue weighted by molar-refractivity contribution is 7.13. The van der Waals surface area contributed by atoms with Crippen LogP contribution in [-0.4, -0.2) is 23.5 Å². The summed E-state index contributed by atoms with van der Waals surface area (Å²) in [6.45, 7) is 6.46. The van der Waals surface area contributed by atoms with Gasteiger partial charge < -0.3 is 15.4 Å². The number of nitrogens with one attached hydrogen (secondary N) is 2. The molecule has 1 aromatic carbocycles. The minimum atomic E-state index is -0.304. The maximum Gasteiger partial charge on any atom is 0.248 e. The van der Waals surface area contributed by atoms with Crippen LogP contribution in [0, 0.1) is 6.92 Å². The number of benzene rings is 1. The predicted octanol–water partition coefficient (Wildman–Crippen LogP) is 3.68. The van der Waals surface area contributed by atoms with Gasteiger partial charge in [0.05, 0.1) is 12.3 Å². The molecule has 0 aliphatic carbocycles. The van der Waals surface area contributed by atoms with Crippen LogP contribution in [0.5, 0.6) is 5.75 Å². The number of carbonyl (C=O) groups excluding carboxylic acids is 1. The summed E-state index contributed by atoms with van der Waals surface area (Å²) in [7, 11) is 0. The number of hydrogen-bond acceptors (Lipinski definition) is 5. The second-order valence-electron chi connectivity index (χ2n) is 4.85. The van der Waals surface area contributed by atoms with Gasteiger partial charge in [-0.1, -0.05) is 6.92 Å². The number of rotatable bonds is 7. The Morgan fingerprint density at radius 1 is 1.32 bits per heavy atom. The quantitative estimate of drug-likeness (QED) is 0.817. The molecule has 2 rings (SSSR count). The lowest BCUT2D eigenvalue weighted by Gasteiger charge is -2.17. The molecule has 0 bridgehead atoms. The van der Waals surface area contributed by atoms with Crippen molar-refractivity contribution in [3.8, 4) is 5.75 Å². The van der Waals surface area contributed by atoms with Crippen molar-refractivity contribution >= 4 is 28.1 Å². The van der Waals surface area contributed by atoms with E-state index in [0.717, 1.165) is 17.1 Å². The zero-order valence-electron chi connectivity index (χ0n) is 13.1. The largest absolute Gasteiger partial charge is 0.494 e. The van der Waals surface area contributed by atoms with Crippen molar-refractivity contribution in [1.82, 2.24) is 4.98 Å². The molecular formula is C16H21N3O2S. The van der Waals surface area contributed by atoms with Crippen LogP contribution in [0.15, 0.2) is 29.6 Å². The lowest BCUT2D eigenvalue weighted by atomic mass is 10.2. The number of aryl methyl sites for hydroxylation is 1. The molecule has 1 heterocycles. The van der Waals surface area contributed by atoms with Gasteiger partial charge in [0.15, 0.2) is 5.13 Å². The molecule has 6 heteroatoms. The smallest absolute Gasteiger partial charge is 0.248 e. The third kappa shape index (κ3) is 4.46. The van der Waals surface area contributed by atoms with E-state index in [-0.39, 0.29) is 11.9 Å². The molecule has 1 aromatic heterocycles. The summed E-state index contributed by atoms with van der Waals surface area (Å²) in [6, 6.07) is 7.30. The van der Waals surface area contributed by atoms with Crippen molar-refractivity contribution in [1.29, 1.82) is 0 Å². The van der Waals surface area contributed by atoms with Gasteiger partial charge in [0, 0.05) is 11.1 Å². The molecular weight excluding hydrogens is 298 g/mol. The van der Waals surface area contributed by atoms with Crippen molar-refractivity contribution < 1.29 is 9.53 Å². The molecule has 0 aliphatic heterocycles. The molecule has 0 unspecified atom stereocenters. The average Bonchev–Trinajstić information content (AvgIpc) is 2.91. The topological polar surface area (TPSA) is 63.2 Å². The molecule has 0 radical (unpaired) electrons. The van der Waals surface area contributed by atoms with Crippen LogP contribution in [0.3, 0.4) is 0 Å². The molecule has 0 spiro atoms. The molecule has 0 saturated heterocycles. The Bertz CT molecular complexity index is 610. The first-order chi connectivity index (χ1) is 10.6. The molecule has 22 heavy (non-hydrogen) atoms. The molecule has 1 atom stereocenters. The van der Waals surface area contributed by atoms with Gasteiger partial charge in [0.1, 0.15) is 11.8 Å². The second kappa shape index (κ2) is 7.79. The van der Waals surface area contributed by atoms with Crippen LogP contribution >= 0.6 is 11.3 Å². The number of anilines is 2. The van der Waals surface area contributed by atoms with Gasteiger partial charge in [-0.2, -0.15) is 0 Å². The van der Waals surface area contributed by atoms with Crippen molar-refractivity contribution in [2.24, 2.45) is 0 Å². The molecule has 0 saturated carbocycles. The Kier molecular flexibility index (Phi) is 5.77. The minimum Gasteiger partial charge on any atom is -0.494 e. The number of ether oxygens (including phenoxy) is 1. The fraction of sp³-hybridized carbons (Fsp3) is 0.375. The van der Waals surface area contributed by atoms with Gasteiger partial charge in [-0.15, -0.1) is 11.3 Å². The molecule has 118 valence electrons. The van der Waals surface area contributed by atoms with E-state index in [0.29, 0.717) is 18.2 Å². The number of aromatic nitrogens is 1. The number of thiazole rings is 1. The first-order valence-electron chi connectivity index (χ1n) is 7.34. The van der Waals surface area contributed by atoms with Crippen LogP contribution in [0.1, 0.15) is 26.0 Å². The van der Waals surface area contributed by atoms with E-state index in [1.54, 1.807) is 0 Å². The third-order valence-electron chi connectivity index (χ3n) is 3.08. The Morgan fingerprint density at radius 3 is 2.59 bits per heavy atom. The van der Waals surface area contributed by atoms with Crippen molar-refractivity contribution in [3.63, 3.8) is 0 Å². The summed E-state index contributed by atoms with van der Waals surface area (Å²) in [5.74, 6) is 0.745. The van der Waals surface area contributed by atoms with Crippen molar-refractivity contribution in [2.45, 2.75) is 33.2 Å². The summed E-state index contributed by atoms with van der Waals surface area (Å²) in [5.41, 5.74) is 1.80. The van der Waals surface area contributed by atoms with Gasteiger partial charge in [0.2, 0.25) is 5.91 Å². The standard InChI is InChI=1S/C16H21N3O2S/c1-4-14(15(20)19-16-17-11(3)10-22-16)18-12-6-8-13(9-7-12)21-5-2/h6-10,14,18H,4-5H2,1-3H3,(H,17,19,20)/t14-/m1/s1. The Labute approximate surface area is 134 Å². The van der Waals surface area contributed by atoms with Crippen molar-refractivity contribution in [2.75, 3.05) is 17.2 Å². The van der Waals surface area contributed by atoms with E-state index in [1.807, 2.05) is 50.4 Å². The summed E-state index contributed by atoms with van der Waals surface area (Å²) in [4.78, 5) is 16.5. The molecule has 1 amide bonds. The van der Waals surface area contributed by atoms with Gasteiger partial charge >= 0.3 is 0 Å². The van der Waals surface area contributed by atoms with E-state index < -0.39 is 0 Å². The highest BCUT2D eigenvalue weighted by atomic mass is 32.1. The normalized spacial score (nSPS) is 11.8. The molecule has 0 aliphatic rings. The molecule has 5 nitrogen and oxygen atoms in total. The van der Waals surface area contributed by atoms with Crippen LogP contribution < -0.4 is 15.4 Å². The summed E-state index contributed by atoms with van der Waals surface area (Å²) in [5, 5.41) is 8.63. The monoisotopic (exact) mass is 319 g/mol. The number of carbonyl (C=O) groups is 1. The third-order valence-corrected chi connectivity index (χ3v) is 3.96. The van der Waals surface area contributed by atoms with Crippen LogP contribution in [0.4, 0.5) is 10.8 Å². The second-order valence-corrected chi connectivity index (χ2v) is 5.70.